The maximum absolute atomic E-state index is 12.2. The molecule has 7 nitrogen and oxygen atoms in total. The van der Waals surface area contributed by atoms with Crippen molar-refractivity contribution in [3.05, 3.63) is 40.8 Å². The Hall–Kier alpha value is -2.74. The molecule has 23 heavy (non-hydrogen) atoms. The third-order valence-corrected chi connectivity index (χ3v) is 3.78. The Morgan fingerprint density at radius 1 is 1.52 bits per heavy atom. The van der Waals surface area contributed by atoms with Crippen LogP contribution in [0.2, 0.25) is 0 Å². The minimum Gasteiger partial charge on any atom is -0.495 e. The van der Waals surface area contributed by atoms with E-state index in [1.165, 1.54) is 23.8 Å². The number of carbonyl (C=O) groups excluding carboxylic acids is 1. The van der Waals surface area contributed by atoms with Gasteiger partial charge in [-0.05, 0) is 18.6 Å². The molecule has 1 amide bonds. The zero-order chi connectivity index (χ0) is 16.8. The maximum atomic E-state index is 12.2. The van der Waals surface area contributed by atoms with Gasteiger partial charge < -0.3 is 15.8 Å². The highest BCUT2D eigenvalue weighted by Gasteiger charge is 2.15. The van der Waals surface area contributed by atoms with Gasteiger partial charge in [-0.3, -0.25) is 9.79 Å². The molecule has 0 radical (unpaired) electrons. The Morgan fingerprint density at radius 3 is 2.91 bits per heavy atom. The Morgan fingerprint density at radius 2 is 2.30 bits per heavy atom. The van der Waals surface area contributed by atoms with E-state index >= 15 is 0 Å². The zero-order valence-corrected chi connectivity index (χ0v) is 13.8. The van der Waals surface area contributed by atoms with Crippen LogP contribution in [0, 0.1) is 6.92 Å². The zero-order valence-electron chi connectivity index (χ0n) is 13.0. The molecule has 8 heteroatoms. The first kappa shape index (κ1) is 16.6. The number of methoxy groups -OCH3 is 1. The van der Waals surface area contributed by atoms with Crippen LogP contribution in [0.1, 0.15) is 16.1 Å². The van der Waals surface area contributed by atoms with E-state index in [0.717, 1.165) is 11.3 Å². The summed E-state index contributed by atoms with van der Waals surface area (Å²) >= 11 is 1.35. The first-order valence-corrected chi connectivity index (χ1v) is 7.59. The largest absolute Gasteiger partial charge is 0.495 e. The lowest BCUT2D eigenvalue weighted by atomic mass is 10.2. The Labute approximate surface area is 137 Å². The van der Waals surface area contributed by atoms with Crippen LogP contribution >= 0.6 is 11.3 Å². The monoisotopic (exact) mass is 331 g/mol. The number of thiazole rings is 1. The van der Waals surface area contributed by atoms with Gasteiger partial charge in [0.2, 0.25) is 0 Å². The van der Waals surface area contributed by atoms with Crippen molar-refractivity contribution >= 4 is 23.5 Å². The molecular formula is C15H17N5O2S. The fourth-order valence-electron chi connectivity index (χ4n) is 1.82. The number of pyridine rings is 1. The van der Waals surface area contributed by atoms with Gasteiger partial charge in [-0.2, -0.15) is 0 Å². The highest BCUT2D eigenvalue weighted by molar-refractivity contribution is 7.13. The quantitative estimate of drug-likeness (QED) is 0.813. The van der Waals surface area contributed by atoms with Crippen molar-refractivity contribution in [2.45, 2.75) is 6.92 Å². The fraction of sp³-hybridized carbons (Fsp3) is 0.200. The molecule has 0 aromatic carbocycles. The summed E-state index contributed by atoms with van der Waals surface area (Å²) < 4.78 is 5.13. The number of amides is 1. The number of hydrogen-bond acceptors (Lipinski definition) is 7. The number of aromatic nitrogens is 2. The second kappa shape index (κ2) is 7.50. The topological polar surface area (TPSA) is 102 Å². The van der Waals surface area contributed by atoms with Gasteiger partial charge in [-0.25, -0.2) is 9.97 Å². The molecule has 0 aliphatic rings. The van der Waals surface area contributed by atoms with Gasteiger partial charge in [0.15, 0.2) is 0 Å². The summed E-state index contributed by atoms with van der Waals surface area (Å²) in [6, 6.07) is 1.87. The molecule has 2 aromatic heterocycles. The summed E-state index contributed by atoms with van der Waals surface area (Å²) in [7, 11) is 3.18. The van der Waals surface area contributed by atoms with Crippen molar-refractivity contribution in [2.75, 3.05) is 14.2 Å². The van der Waals surface area contributed by atoms with Crippen molar-refractivity contribution < 1.29 is 9.53 Å². The normalized spacial score (nSPS) is 11.7. The average Bonchev–Trinajstić information content (AvgIpc) is 3.03. The minimum absolute atomic E-state index is 0.297. The number of allylic oxidation sites excluding steroid dienone is 1. The highest BCUT2D eigenvalue weighted by Crippen LogP contribution is 2.27. The second-order valence-corrected chi connectivity index (χ2v) is 5.40. The molecule has 0 saturated carbocycles. The van der Waals surface area contributed by atoms with Crippen LogP contribution in [-0.4, -0.2) is 36.2 Å². The Balaban J connectivity index is 2.22. The number of rotatable bonds is 5. The van der Waals surface area contributed by atoms with Crippen molar-refractivity contribution in [1.82, 2.24) is 15.3 Å². The average molecular weight is 331 g/mol. The molecule has 0 aliphatic heterocycles. The van der Waals surface area contributed by atoms with E-state index < -0.39 is 0 Å². The van der Waals surface area contributed by atoms with E-state index in [-0.39, 0.29) is 5.91 Å². The maximum Gasteiger partial charge on any atom is 0.275 e. The van der Waals surface area contributed by atoms with Gasteiger partial charge >= 0.3 is 0 Å². The summed E-state index contributed by atoms with van der Waals surface area (Å²) in [4.78, 5) is 24.6. The molecule has 120 valence electrons. The van der Waals surface area contributed by atoms with Crippen LogP contribution < -0.4 is 15.8 Å². The van der Waals surface area contributed by atoms with Crippen LogP contribution in [0.3, 0.4) is 0 Å². The molecule has 0 spiro atoms. The summed E-state index contributed by atoms with van der Waals surface area (Å²) in [6.45, 7) is 1.92. The number of nitrogens with one attached hydrogen (secondary N) is 1. The first-order chi connectivity index (χ1) is 11.1. The van der Waals surface area contributed by atoms with Crippen molar-refractivity contribution in [1.29, 1.82) is 0 Å². The number of carbonyl (C=O) groups is 1. The van der Waals surface area contributed by atoms with E-state index in [2.05, 4.69) is 20.3 Å². The Kier molecular flexibility index (Phi) is 5.42. The van der Waals surface area contributed by atoms with Gasteiger partial charge in [0.25, 0.3) is 5.91 Å². The molecular weight excluding hydrogens is 314 g/mol. The molecule has 0 bridgehead atoms. The van der Waals surface area contributed by atoms with Crippen LogP contribution in [0.25, 0.3) is 10.7 Å². The second-order valence-electron chi connectivity index (χ2n) is 4.54. The smallest absolute Gasteiger partial charge is 0.275 e. The predicted octanol–water partition coefficient (Wildman–Crippen LogP) is 1.75. The van der Waals surface area contributed by atoms with Crippen LogP contribution in [0.15, 0.2) is 34.5 Å². The number of nitrogens with two attached hydrogens (primary N) is 1. The third kappa shape index (κ3) is 3.92. The van der Waals surface area contributed by atoms with Crippen LogP contribution in [0.4, 0.5) is 0 Å². The predicted molar refractivity (Wildman–Crippen MR) is 90.8 cm³/mol. The summed E-state index contributed by atoms with van der Waals surface area (Å²) in [5, 5.41) is 4.97. The van der Waals surface area contributed by atoms with E-state index in [1.54, 1.807) is 25.7 Å². The fourth-order valence-corrected chi connectivity index (χ4v) is 2.68. The standard InChI is InChI=1S/C15H17N5O2S/c1-9-4-11(22-3)7-18-13(9)15-20-12(8-23-15)14(21)19-10(5-16)6-17-2/h4-8H,16H2,1-3H3,(H,19,21). The van der Waals surface area contributed by atoms with Crippen LogP contribution in [-0.2, 0) is 0 Å². The lowest BCUT2D eigenvalue weighted by molar-refractivity contribution is 0.0964. The van der Waals surface area contributed by atoms with E-state index in [9.17, 15) is 4.79 Å². The number of ether oxygens (including phenoxy) is 1. The van der Waals surface area contributed by atoms with E-state index in [4.69, 9.17) is 10.5 Å². The van der Waals surface area contributed by atoms with Crippen LogP contribution in [0.5, 0.6) is 5.75 Å². The van der Waals surface area contributed by atoms with E-state index in [0.29, 0.717) is 22.1 Å². The number of aliphatic imine (C=N–C) groups is 1. The molecule has 2 aromatic rings. The highest BCUT2D eigenvalue weighted by atomic mass is 32.1. The molecule has 0 saturated heterocycles. The first-order valence-electron chi connectivity index (χ1n) is 6.71. The lowest BCUT2D eigenvalue weighted by Crippen LogP contribution is -2.24. The van der Waals surface area contributed by atoms with Crippen molar-refractivity contribution in [2.24, 2.45) is 10.7 Å². The van der Waals surface area contributed by atoms with Gasteiger partial charge in [0.05, 0.1) is 19.0 Å². The van der Waals surface area contributed by atoms with Crippen molar-refractivity contribution in [3.63, 3.8) is 0 Å². The Bertz CT molecular complexity index is 767. The lowest BCUT2D eigenvalue weighted by Gasteiger charge is -2.04. The van der Waals surface area contributed by atoms with Gasteiger partial charge in [-0.1, -0.05) is 0 Å². The van der Waals surface area contributed by atoms with Crippen molar-refractivity contribution in [3.8, 4) is 16.5 Å². The number of aryl methyl sites for hydroxylation is 1. The summed E-state index contributed by atoms with van der Waals surface area (Å²) in [5.41, 5.74) is 7.77. The molecule has 0 aliphatic carbocycles. The molecule has 0 atom stereocenters. The summed E-state index contributed by atoms with van der Waals surface area (Å²) in [5.74, 6) is 0.326. The minimum atomic E-state index is -0.352. The molecule has 2 rings (SSSR count). The van der Waals surface area contributed by atoms with Gasteiger partial charge in [0, 0.05) is 24.8 Å². The molecule has 0 fully saturated rings. The molecule has 3 N–H and O–H groups in total. The van der Waals surface area contributed by atoms with Gasteiger partial charge in [-0.15, -0.1) is 11.3 Å². The number of hydrogen-bond donors (Lipinski definition) is 2. The third-order valence-electron chi connectivity index (χ3n) is 2.93. The van der Waals surface area contributed by atoms with Gasteiger partial charge in [0.1, 0.15) is 22.1 Å². The van der Waals surface area contributed by atoms with E-state index in [1.807, 2.05) is 13.0 Å². The molecule has 2 heterocycles. The summed E-state index contributed by atoms with van der Waals surface area (Å²) in [6.07, 6.45) is 4.35. The SMILES string of the molecule is CN=CC(=CN)NC(=O)c1csc(-c2ncc(OC)cc2C)n1. The molecule has 0 unspecified atom stereocenters. The number of nitrogens with zero attached hydrogens (tertiary/aromatic N) is 3.